The van der Waals surface area contributed by atoms with Crippen molar-refractivity contribution in [2.24, 2.45) is 0 Å². The first kappa shape index (κ1) is 31.1. The topological polar surface area (TPSA) is 122 Å². The average molecular weight is 575 g/mol. The Morgan fingerprint density at radius 1 is 0.929 bits per heavy atom. The Morgan fingerprint density at radius 3 is 1.95 bits per heavy atom. The number of piperidine rings is 1. The fourth-order valence-corrected chi connectivity index (χ4v) is 5.82. The molecular weight excluding hydrogens is 532 g/mol. The molecule has 5 rings (SSSR count). The maximum atomic E-state index is 9.10. The van der Waals surface area contributed by atoms with Crippen molar-refractivity contribution in [2.75, 3.05) is 25.4 Å². The van der Waals surface area contributed by atoms with Crippen molar-refractivity contribution in [1.82, 2.24) is 4.90 Å². The Bertz CT molecular complexity index is 1300. The van der Waals surface area contributed by atoms with E-state index in [9.17, 15) is 0 Å². The minimum absolute atomic E-state index is 0.0179. The van der Waals surface area contributed by atoms with Crippen LogP contribution < -0.4 is 10.5 Å². The highest BCUT2D eigenvalue weighted by Crippen LogP contribution is 2.44. The summed E-state index contributed by atoms with van der Waals surface area (Å²) in [6, 6.07) is 21.2. The molecule has 1 fully saturated rings. The molecule has 0 spiro atoms. The van der Waals surface area contributed by atoms with Gasteiger partial charge in [0.1, 0.15) is 17.5 Å². The molecule has 2 aliphatic rings. The number of benzene rings is 3. The molecule has 1 saturated heterocycles. The number of carboxylic acids is 2. The number of nitrogen functional groups attached to an aromatic ring is 1. The van der Waals surface area contributed by atoms with Gasteiger partial charge in [-0.25, -0.2) is 9.59 Å². The highest BCUT2D eigenvalue weighted by Gasteiger charge is 2.38. The SMILES string of the molecule is Cc1c(C)c2c(c(C)c1N)CC(C)(CCN1CCC(OC(c3ccccc3)c3ccccc3)CC1)O2.O=C(O)C(=O)O. The van der Waals surface area contributed by atoms with Crippen LogP contribution >= 0.6 is 0 Å². The minimum Gasteiger partial charge on any atom is -0.487 e. The fraction of sp³-hybridized carbons (Fsp3) is 0.412. The molecule has 224 valence electrons. The lowest BCUT2D eigenvalue weighted by Crippen LogP contribution is -2.41. The number of rotatable bonds is 7. The van der Waals surface area contributed by atoms with Gasteiger partial charge in [-0.05, 0) is 74.8 Å². The third-order valence-corrected chi connectivity index (χ3v) is 8.54. The Morgan fingerprint density at radius 2 is 1.45 bits per heavy atom. The van der Waals surface area contributed by atoms with Crippen LogP contribution in [0.1, 0.15) is 65.7 Å². The molecule has 42 heavy (non-hydrogen) atoms. The zero-order valence-corrected chi connectivity index (χ0v) is 24.9. The lowest BCUT2D eigenvalue weighted by molar-refractivity contribution is -0.159. The van der Waals surface area contributed by atoms with E-state index >= 15 is 0 Å². The number of anilines is 1. The van der Waals surface area contributed by atoms with Crippen LogP contribution in [0.3, 0.4) is 0 Å². The van der Waals surface area contributed by atoms with E-state index < -0.39 is 11.9 Å². The molecule has 2 heterocycles. The van der Waals surface area contributed by atoms with Gasteiger partial charge in [-0.2, -0.15) is 0 Å². The molecule has 0 radical (unpaired) electrons. The molecule has 2 aliphatic heterocycles. The Hall–Kier alpha value is -3.88. The quantitative estimate of drug-likeness (QED) is 0.243. The minimum atomic E-state index is -1.82. The van der Waals surface area contributed by atoms with Gasteiger partial charge in [0.05, 0.1) is 6.10 Å². The van der Waals surface area contributed by atoms with Gasteiger partial charge in [-0.1, -0.05) is 60.7 Å². The standard InChI is InChI=1S/C32H40N2O2.C2H2O4/c1-22-23(2)30-28(24(3)29(22)33)21-32(4,36-30)17-20-34-18-15-27(16-19-34)35-31(25-11-7-5-8-12-25)26-13-9-6-10-14-26;3-1(4)2(5)6/h5-14,27,31H,15-21,33H2,1-4H3;(H,3,4)(H,5,6). The van der Waals surface area contributed by atoms with E-state index in [2.05, 4.69) is 93.3 Å². The largest absolute Gasteiger partial charge is 0.487 e. The van der Waals surface area contributed by atoms with Crippen molar-refractivity contribution < 1.29 is 29.3 Å². The van der Waals surface area contributed by atoms with Crippen LogP contribution in [-0.4, -0.2) is 58.4 Å². The van der Waals surface area contributed by atoms with Crippen molar-refractivity contribution in [2.45, 2.75) is 71.2 Å². The molecule has 0 amide bonds. The summed E-state index contributed by atoms with van der Waals surface area (Å²) in [6.07, 6.45) is 4.32. The second-order valence-corrected chi connectivity index (χ2v) is 11.6. The molecule has 8 nitrogen and oxygen atoms in total. The molecule has 4 N–H and O–H groups in total. The van der Waals surface area contributed by atoms with E-state index in [4.69, 9.17) is 35.0 Å². The van der Waals surface area contributed by atoms with Gasteiger partial charge in [0, 0.05) is 37.3 Å². The Kier molecular flexibility index (Phi) is 9.91. The monoisotopic (exact) mass is 574 g/mol. The summed E-state index contributed by atoms with van der Waals surface area (Å²) in [6.45, 7) is 11.8. The third kappa shape index (κ3) is 7.30. The van der Waals surface area contributed by atoms with E-state index in [0.717, 1.165) is 62.3 Å². The third-order valence-electron chi connectivity index (χ3n) is 8.54. The lowest BCUT2D eigenvalue weighted by atomic mass is 9.90. The van der Waals surface area contributed by atoms with Crippen LogP contribution in [-0.2, 0) is 20.7 Å². The molecule has 3 aromatic carbocycles. The first-order chi connectivity index (χ1) is 20.0. The molecule has 0 bridgehead atoms. The van der Waals surface area contributed by atoms with Gasteiger partial charge < -0.3 is 30.3 Å². The van der Waals surface area contributed by atoms with Crippen molar-refractivity contribution in [3.8, 4) is 5.75 Å². The maximum Gasteiger partial charge on any atom is 0.414 e. The normalized spacial score (nSPS) is 18.6. The van der Waals surface area contributed by atoms with Gasteiger partial charge in [-0.3, -0.25) is 0 Å². The second kappa shape index (κ2) is 13.4. The summed E-state index contributed by atoms with van der Waals surface area (Å²) < 4.78 is 13.3. The van der Waals surface area contributed by atoms with Crippen molar-refractivity contribution in [3.05, 3.63) is 94.0 Å². The summed E-state index contributed by atoms with van der Waals surface area (Å²) in [5.74, 6) is -2.58. The first-order valence-electron chi connectivity index (χ1n) is 14.5. The van der Waals surface area contributed by atoms with Crippen LogP contribution in [0.5, 0.6) is 5.75 Å². The Labute approximate surface area is 248 Å². The highest BCUT2D eigenvalue weighted by atomic mass is 16.5. The number of aliphatic carboxylic acids is 2. The zero-order valence-electron chi connectivity index (χ0n) is 24.9. The molecule has 0 saturated carbocycles. The van der Waals surface area contributed by atoms with Crippen LogP contribution in [0, 0.1) is 20.8 Å². The summed E-state index contributed by atoms with van der Waals surface area (Å²) in [7, 11) is 0. The number of hydrogen-bond donors (Lipinski definition) is 3. The highest BCUT2D eigenvalue weighted by molar-refractivity contribution is 6.27. The van der Waals surface area contributed by atoms with E-state index in [0.29, 0.717) is 0 Å². The number of carboxylic acid groups (broad SMARTS) is 2. The fourth-order valence-electron chi connectivity index (χ4n) is 5.82. The summed E-state index contributed by atoms with van der Waals surface area (Å²) >= 11 is 0. The Balaban J connectivity index is 0.000000612. The van der Waals surface area contributed by atoms with Gasteiger partial charge in [0.2, 0.25) is 0 Å². The van der Waals surface area contributed by atoms with E-state index in [1.165, 1.54) is 27.8 Å². The van der Waals surface area contributed by atoms with E-state index in [1.54, 1.807) is 0 Å². The summed E-state index contributed by atoms with van der Waals surface area (Å²) in [4.78, 5) is 20.8. The predicted molar refractivity (Wildman–Crippen MR) is 163 cm³/mol. The predicted octanol–water partition coefficient (Wildman–Crippen LogP) is 5.70. The number of likely N-dealkylation sites (tertiary alicyclic amines) is 1. The smallest absolute Gasteiger partial charge is 0.414 e. The summed E-state index contributed by atoms with van der Waals surface area (Å²) in [5.41, 5.74) is 14.4. The van der Waals surface area contributed by atoms with Crippen LogP contribution in [0.15, 0.2) is 60.7 Å². The van der Waals surface area contributed by atoms with Gasteiger partial charge in [-0.15, -0.1) is 0 Å². The zero-order chi connectivity index (χ0) is 30.4. The molecule has 0 aromatic heterocycles. The first-order valence-corrected chi connectivity index (χ1v) is 14.5. The number of ether oxygens (including phenoxy) is 2. The number of nitrogens with zero attached hydrogens (tertiary/aromatic N) is 1. The number of carbonyl (C=O) groups is 2. The van der Waals surface area contributed by atoms with Gasteiger partial charge in [0.25, 0.3) is 0 Å². The van der Waals surface area contributed by atoms with Crippen molar-refractivity contribution in [3.63, 3.8) is 0 Å². The van der Waals surface area contributed by atoms with Crippen LogP contribution in [0.25, 0.3) is 0 Å². The molecule has 1 unspecified atom stereocenters. The van der Waals surface area contributed by atoms with Crippen molar-refractivity contribution >= 4 is 17.6 Å². The lowest BCUT2D eigenvalue weighted by Gasteiger charge is -2.35. The maximum absolute atomic E-state index is 9.10. The van der Waals surface area contributed by atoms with Gasteiger partial charge >= 0.3 is 11.9 Å². The molecule has 1 atom stereocenters. The van der Waals surface area contributed by atoms with Gasteiger partial charge in [0.15, 0.2) is 0 Å². The molecule has 0 aliphatic carbocycles. The van der Waals surface area contributed by atoms with E-state index in [1.807, 2.05) is 0 Å². The summed E-state index contributed by atoms with van der Waals surface area (Å²) in [5, 5.41) is 14.8. The number of fused-ring (bicyclic) bond motifs is 1. The number of hydrogen-bond acceptors (Lipinski definition) is 6. The average Bonchev–Trinajstić information content (AvgIpc) is 3.36. The van der Waals surface area contributed by atoms with Crippen molar-refractivity contribution in [1.29, 1.82) is 0 Å². The number of nitrogens with two attached hydrogens (primary N) is 1. The molecule has 3 aromatic rings. The second-order valence-electron chi connectivity index (χ2n) is 11.6. The van der Waals surface area contributed by atoms with Crippen LogP contribution in [0.2, 0.25) is 0 Å². The molecule has 8 heteroatoms. The molecular formula is C34H42N2O6. The van der Waals surface area contributed by atoms with E-state index in [-0.39, 0.29) is 17.8 Å². The van der Waals surface area contributed by atoms with Crippen LogP contribution in [0.4, 0.5) is 5.69 Å².